The number of hydrogen-bond donors (Lipinski definition) is 0. The summed E-state index contributed by atoms with van der Waals surface area (Å²) in [6.45, 7) is 2.81. The lowest BCUT2D eigenvalue weighted by Gasteiger charge is -2.15. The van der Waals surface area contributed by atoms with Gasteiger partial charge in [-0.25, -0.2) is 18.3 Å². The molecular weight excluding hydrogens is 436 g/mol. The molecule has 0 aliphatic carbocycles. The summed E-state index contributed by atoms with van der Waals surface area (Å²) in [7, 11) is 14.1. The van der Waals surface area contributed by atoms with Gasteiger partial charge in [0.05, 0.1) is 34.6 Å². The summed E-state index contributed by atoms with van der Waals surface area (Å²) in [6, 6.07) is 0. The topological polar surface area (TPSA) is 54.0 Å². The molecule has 2 aromatic rings. The second-order valence-electron chi connectivity index (χ2n) is 6.88. The van der Waals surface area contributed by atoms with E-state index in [0.29, 0.717) is 5.72 Å². The van der Waals surface area contributed by atoms with Crippen molar-refractivity contribution in [1.82, 2.24) is 9.13 Å². The number of rotatable bonds is 4. The minimum absolute atomic E-state index is 0.0642. The first-order valence-corrected chi connectivity index (χ1v) is 9.57. The zero-order chi connectivity index (χ0) is 25.3. The van der Waals surface area contributed by atoms with Crippen LogP contribution in [0.2, 0.25) is 5.82 Å². The molecule has 0 aromatic carbocycles. The van der Waals surface area contributed by atoms with Gasteiger partial charge in [0, 0.05) is 5.82 Å². The summed E-state index contributed by atoms with van der Waals surface area (Å²) in [6.07, 6.45) is -1.60. The Labute approximate surface area is 185 Å². The summed E-state index contributed by atoms with van der Waals surface area (Å²) >= 11 is 0. The summed E-state index contributed by atoms with van der Waals surface area (Å²) in [5, 5.41) is 0. The first-order valence-electron chi connectivity index (χ1n) is 9.57. The minimum atomic E-state index is -4.48. The molecule has 0 spiro atoms. The van der Waals surface area contributed by atoms with Gasteiger partial charge in [0.2, 0.25) is 7.85 Å². The maximum absolute atomic E-state index is 12.5. The predicted octanol–water partition coefficient (Wildman–Crippen LogP) is 1.21. The minimum Gasteiger partial charge on any atom is -0.361 e. The molecule has 2 heterocycles. The molecule has 0 saturated carbocycles. The quantitative estimate of drug-likeness (QED) is 0.164. The van der Waals surface area contributed by atoms with E-state index in [2.05, 4.69) is 4.79 Å². The van der Waals surface area contributed by atoms with E-state index in [1.54, 1.807) is 35.6 Å². The summed E-state index contributed by atoms with van der Waals surface area (Å²) in [4.78, 5) is 2.07. The number of nitrogens with zero attached hydrogens (tertiary/aromatic N) is 6. The van der Waals surface area contributed by atoms with Gasteiger partial charge in [0.1, 0.15) is 24.8 Å². The molecule has 0 fully saturated rings. The van der Waals surface area contributed by atoms with Crippen molar-refractivity contribution < 1.29 is 40.3 Å². The van der Waals surface area contributed by atoms with E-state index >= 15 is 0 Å². The van der Waals surface area contributed by atoms with Gasteiger partial charge >= 0.3 is 18.1 Å². The fourth-order valence-corrected chi connectivity index (χ4v) is 2.39. The Morgan fingerprint density at radius 3 is 1.75 bits per heavy atom. The van der Waals surface area contributed by atoms with Crippen LogP contribution in [-0.2, 0) is 28.2 Å². The van der Waals surface area contributed by atoms with Crippen molar-refractivity contribution in [3.63, 3.8) is 0 Å². The van der Waals surface area contributed by atoms with Crippen LogP contribution in [0.15, 0.2) is 24.8 Å². The van der Waals surface area contributed by atoms with Crippen LogP contribution in [0.1, 0.15) is 26.7 Å². The van der Waals surface area contributed by atoms with Gasteiger partial charge in [-0.3, -0.25) is 0 Å². The van der Waals surface area contributed by atoms with E-state index in [1.807, 2.05) is 35.6 Å². The molecule has 0 N–H and O–H groups in total. The molecule has 14 heteroatoms. The normalized spacial score (nSPS) is 12.0. The Morgan fingerprint density at radius 1 is 1.06 bits per heavy atom. The number of aryl methyl sites for hydroxylation is 4. The summed E-state index contributed by atoms with van der Waals surface area (Å²) in [5.41, 5.74) is 7.92. The third-order valence-electron chi connectivity index (χ3n) is 4.47. The molecule has 0 amide bonds. The highest BCUT2D eigenvalue weighted by Crippen LogP contribution is 2.32. The fraction of sp³-hybridized carbons (Fsp3) is 0.611. The molecular formula is C18H27B2F6N6+2. The maximum atomic E-state index is 12.5. The van der Waals surface area contributed by atoms with Gasteiger partial charge in [0.15, 0.2) is 11.4 Å². The Kier molecular flexibility index (Phi) is 11.5. The van der Waals surface area contributed by atoms with Crippen molar-refractivity contribution in [1.29, 1.82) is 0 Å². The molecule has 32 heavy (non-hydrogen) atoms. The Balaban J connectivity index is 0.000000485. The van der Waals surface area contributed by atoms with Crippen LogP contribution in [-0.4, -0.2) is 47.1 Å². The standard InChI is InChI=1S/C9H14BF3N2.C5H8BN2.C4H5F3N2/c1-4-7(9(11,12)13)10-8-14(2)5-6-15(8)3;1-7-3-4-8(2)5(7)6;1-2-3(9-8)4(5,6)7/h5-7H,4H2,1-3H3;3-4H,1-2H3;2H2,1H3/q2*+1;. The van der Waals surface area contributed by atoms with Crippen LogP contribution in [0.25, 0.3) is 5.53 Å². The highest BCUT2D eigenvalue weighted by Gasteiger charge is 2.42. The largest absolute Gasteiger partial charge is 0.490 e. The van der Waals surface area contributed by atoms with E-state index in [4.69, 9.17) is 13.4 Å². The average Bonchev–Trinajstić information content (AvgIpc) is 3.15. The summed E-state index contributed by atoms with van der Waals surface area (Å²) in [5.74, 6) is -1.38. The first-order chi connectivity index (χ1) is 14.6. The van der Waals surface area contributed by atoms with Crippen LogP contribution in [0.5, 0.6) is 0 Å². The molecule has 2 rings (SSSR count). The van der Waals surface area contributed by atoms with Gasteiger partial charge in [-0.15, -0.1) is 0 Å². The lowest BCUT2D eigenvalue weighted by molar-refractivity contribution is -0.653. The molecule has 175 valence electrons. The number of halogens is 6. The van der Waals surface area contributed by atoms with Gasteiger partial charge in [0.25, 0.3) is 7.28 Å². The van der Waals surface area contributed by atoms with Crippen LogP contribution in [0.3, 0.4) is 0 Å². The van der Waals surface area contributed by atoms with Crippen molar-refractivity contribution in [2.24, 2.45) is 28.2 Å². The van der Waals surface area contributed by atoms with E-state index in [9.17, 15) is 26.3 Å². The molecule has 0 bridgehead atoms. The highest BCUT2D eigenvalue weighted by molar-refractivity contribution is 6.52. The third kappa shape index (κ3) is 9.33. The van der Waals surface area contributed by atoms with Crippen LogP contribution < -0.4 is 20.6 Å². The number of imidazole rings is 2. The molecule has 1 unspecified atom stereocenters. The van der Waals surface area contributed by atoms with E-state index in [1.165, 1.54) is 21.1 Å². The lowest BCUT2D eigenvalue weighted by Crippen LogP contribution is -2.52. The Hall–Kier alpha value is -2.49. The van der Waals surface area contributed by atoms with Crippen LogP contribution in [0, 0.1) is 0 Å². The molecule has 3 radical (unpaired) electrons. The third-order valence-corrected chi connectivity index (χ3v) is 4.47. The Bertz CT molecular complexity index is 858. The van der Waals surface area contributed by atoms with Crippen LogP contribution >= 0.6 is 0 Å². The molecule has 6 nitrogen and oxygen atoms in total. The zero-order valence-electron chi connectivity index (χ0n) is 18.9. The second kappa shape index (κ2) is 12.5. The van der Waals surface area contributed by atoms with E-state index in [0.717, 1.165) is 5.72 Å². The van der Waals surface area contributed by atoms with Gasteiger partial charge in [-0.1, -0.05) is 20.3 Å². The predicted molar refractivity (Wildman–Crippen MR) is 109 cm³/mol. The smallest absolute Gasteiger partial charge is 0.361 e. The van der Waals surface area contributed by atoms with Crippen molar-refractivity contribution in [3.05, 3.63) is 30.3 Å². The van der Waals surface area contributed by atoms with Gasteiger partial charge in [-0.2, -0.15) is 31.1 Å². The molecule has 1 atom stereocenters. The summed E-state index contributed by atoms with van der Waals surface area (Å²) < 4.78 is 78.9. The lowest BCUT2D eigenvalue weighted by atomic mass is 9.61. The monoisotopic (exact) mass is 463 g/mol. The Morgan fingerprint density at radius 2 is 1.56 bits per heavy atom. The van der Waals surface area contributed by atoms with Crippen molar-refractivity contribution >= 4 is 32.3 Å². The van der Waals surface area contributed by atoms with E-state index < -0.39 is 23.9 Å². The number of hydrogen-bond acceptors (Lipinski definition) is 0. The van der Waals surface area contributed by atoms with Crippen molar-refractivity contribution in [2.45, 2.75) is 44.9 Å². The van der Waals surface area contributed by atoms with E-state index in [-0.39, 0.29) is 12.8 Å². The second-order valence-corrected chi connectivity index (χ2v) is 6.88. The van der Waals surface area contributed by atoms with Gasteiger partial charge < -0.3 is 5.53 Å². The molecule has 0 saturated heterocycles. The van der Waals surface area contributed by atoms with Gasteiger partial charge in [-0.05, 0) is 0 Å². The average molecular weight is 463 g/mol. The molecule has 0 aliphatic rings. The van der Waals surface area contributed by atoms with Crippen molar-refractivity contribution in [3.8, 4) is 0 Å². The zero-order valence-corrected chi connectivity index (χ0v) is 18.9. The maximum Gasteiger partial charge on any atom is 0.490 e. The highest BCUT2D eigenvalue weighted by atomic mass is 19.4. The fourth-order valence-electron chi connectivity index (χ4n) is 2.39. The molecule has 2 aromatic heterocycles. The number of alkyl halides is 6. The SMILES string of the molecule is CCC(=[N+]=[N-])C(F)(F)F.CCC([B]c1n(C)cc[n+]1C)C(F)(F)F.[B]c1n(C)cc[n+]1C. The molecule has 0 aliphatic heterocycles. The first kappa shape index (κ1) is 29.5. The van der Waals surface area contributed by atoms with Crippen molar-refractivity contribution in [2.75, 3.05) is 0 Å². The number of aromatic nitrogens is 4. The van der Waals surface area contributed by atoms with Crippen LogP contribution in [0.4, 0.5) is 26.3 Å².